The van der Waals surface area contributed by atoms with Crippen LogP contribution < -0.4 is 5.73 Å². The second-order valence-electron chi connectivity index (χ2n) is 4.88. The first-order valence-corrected chi connectivity index (χ1v) is 6.10. The molecule has 0 aliphatic carbocycles. The summed E-state index contributed by atoms with van der Waals surface area (Å²) < 4.78 is 5.31. The number of amides is 1. The number of nitrogens with zero attached hydrogens (tertiary/aromatic N) is 1. The van der Waals surface area contributed by atoms with Crippen LogP contribution in [0.1, 0.15) is 33.1 Å². The summed E-state index contributed by atoms with van der Waals surface area (Å²) in [7, 11) is 1.89. The van der Waals surface area contributed by atoms with Crippen molar-refractivity contribution in [2.75, 3.05) is 26.8 Å². The van der Waals surface area contributed by atoms with Crippen LogP contribution in [0, 0.1) is 5.41 Å². The van der Waals surface area contributed by atoms with Gasteiger partial charge in [0.1, 0.15) is 0 Å². The summed E-state index contributed by atoms with van der Waals surface area (Å²) >= 11 is 0. The van der Waals surface area contributed by atoms with Crippen molar-refractivity contribution in [3.63, 3.8) is 0 Å². The highest BCUT2D eigenvalue weighted by Crippen LogP contribution is 2.25. The maximum absolute atomic E-state index is 12.3. The minimum absolute atomic E-state index is 0.171. The Morgan fingerprint density at radius 1 is 1.50 bits per heavy atom. The summed E-state index contributed by atoms with van der Waals surface area (Å²) in [5.74, 6) is 0.171. The second-order valence-corrected chi connectivity index (χ2v) is 4.88. The van der Waals surface area contributed by atoms with Gasteiger partial charge < -0.3 is 15.4 Å². The molecule has 2 N–H and O–H groups in total. The largest absolute Gasteiger partial charge is 0.381 e. The quantitative estimate of drug-likeness (QED) is 0.781. The van der Waals surface area contributed by atoms with E-state index >= 15 is 0 Å². The summed E-state index contributed by atoms with van der Waals surface area (Å²) in [4.78, 5) is 14.2. The van der Waals surface area contributed by atoms with E-state index in [4.69, 9.17) is 10.5 Å². The number of ether oxygens (including phenoxy) is 1. The van der Waals surface area contributed by atoms with Gasteiger partial charge in [-0.15, -0.1) is 0 Å². The zero-order chi connectivity index (χ0) is 12.2. The van der Waals surface area contributed by atoms with E-state index in [0.717, 1.165) is 32.5 Å². The molecule has 1 unspecified atom stereocenters. The molecule has 1 aliphatic rings. The molecule has 1 aliphatic heterocycles. The van der Waals surface area contributed by atoms with Gasteiger partial charge in [0.2, 0.25) is 5.91 Å². The van der Waals surface area contributed by atoms with Crippen LogP contribution in [-0.2, 0) is 9.53 Å². The molecule has 0 aromatic carbocycles. The van der Waals surface area contributed by atoms with E-state index in [1.807, 2.05) is 25.8 Å². The van der Waals surface area contributed by atoms with E-state index in [0.29, 0.717) is 12.6 Å². The lowest BCUT2D eigenvalue weighted by atomic mass is 9.85. The van der Waals surface area contributed by atoms with Crippen LogP contribution in [0.3, 0.4) is 0 Å². The third-order valence-corrected chi connectivity index (χ3v) is 3.81. The molecule has 4 heteroatoms. The van der Waals surface area contributed by atoms with E-state index in [1.165, 1.54) is 0 Å². The van der Waals surface area contributed by atoms with Gasteiger partial charge in [0, 0.05) is 32.8 Å². The SMILES string of the molecule is CCC(C)(CN)C(=O)N(C)C1CCOCC1. The Morgan fingerprint density at radius 2 is 2.06 bits per heavy atom. The molecule has 16 heavy (non-hydrogen) atoms. The van der Waals surface area contributed by atoms with Gasteiger partial charge in [0.25, 0.3) is 0 Å². The molecule has 1 heterocycles. The Morgan fingerprint density at radius 3 is 2.50 bits per heavy atom. The Balaban J connectivity index is 2.64. The van der Waals surface area contributed by atoms with E-state index in [9.17, 15) is 4.79 Å². The molecule has 1 atom stereocenters. The van der Waals surface area contributed by atoms with E-state index in [-0.39, 0.29) is 5.91 Å². The number of hydrogen-bond donors (Lipinski definition) is 1. The van der Waals surface area contributed by atoms with Crippen LogP contribution >= 0.6 is 0 Å². The van der Waals surface area contributed by atoms with Crippen LogP contribution in [0.2, 0.25) is 0 Å². The molecule has 1 fully saturated rings. The van der Waals surface area contributed by atoms with E-state index in [1.54, 1.807) is 0 Å². The molecular weight excluding hydrogens is 204 g/mol. The van der Waals surface area contributed by atoms with Gasteiger partial charge in [-0.3, -0.25) is 4.79 Å². The fourth-order valence-electron chi connectivity index (χ4n) is 2.05. The summed E-state index contributed by atoms with van der Waals surface area (Å²) in [6.45, 7) is 5.89. The maximum atomic E-state index is 12.3. The Labute approximate surface area is 98.1 Å². The number of rotatable bonds is 4. The van der Waals surface area contributed by atoms with Crippen molar-refractivity contribution in [2.45, 2.75) is 39.2 Å². The summed E-state index contributed by atoms with van der Waals surface area (Å²) in [6, 6.07) is 0.318. The predicted octanol–water partition coefficient (Wildman–Crippen LogP) is 0.999. The van der Waals surface area contributed by atoms with Crippen molar-refractivity contribution in [1.82, 2.24) is 4.90 Å². The standard InChI is InChI=1S/C12H24N2O2/c1-4-12(2,9-13)11(15)14(3)10-5-7-16-8-6-10/h10H,4-9,13H2,1-3H3. The lowest BCUT2D eigenvalue weighted by Gasteiger charge is -2.37. The summed E-state index contributed by atoms with van der Waals surface area (Å²) in [5, 5.41) is 0. The van der Waals surface area contributed by atoms with E-state index < -0.39 is 5.41 Å². The number of hydrogen-bond acceptors (Lipinski definition) is 3. The van der Waals surface area contributed by atoms with Crippen molar-refractivity contribution in [3.8, 4) is 0 Å². The zero-order valence-electron chi connectivity index (χ0n) is 10.7. The first-order chi connectivity index (χ1) is 7.55. The highest BCUT2D eigenvalue weighted by Gasteiger charge is 2.35. The fourth-order valence-corrected chi connectivity index (χ4v) is 2.05. The molecule has 0 spiro atoms. The van der Waals surface area contributed by atoms with Gasteiger partial charge in [-0.1, -0.05) is 6.92 Å². The van der Waals surface area contributed by atoms with Crippen LogP contribution in [0.25, 0.3) is 0 Å². The lowest BCUT2D eigenvalue weighted by Crippen LogP contribution is -2.49. The smallest absolute Gasteiger partial charge is 0.229 e. The Kier molecular flexibility index (Phi) is 4.74. The maximum Gasteiger partial charge on any atom is 0.229 e. The van der Waals surface area contributed by atoms with Crippen LogP contribution in [0.5, 0.6) is 0 Å². The number of nitrogens with two attached hydrogens (primary N) is 1. The molecule has 1 saturated heterocycles. The average Bonchev–Trinajstić information content (AvgIpc) is 2.37. The van der Waals surface area contributed by atoms with Crippen molar-refractivity contribution in [1.29, 1.82) is 0 Å². The van der Waals surface area contributed by atoms with Crippen molar-refractivity contribution < 1.29 is 9.53 Å². The third-order valence-electron chi connectivity index (χ3n) is 3.81. The van der Waals surface area contributed by atoms with Crippen LogP contribution in [0.15, 0.2) is 0 Å². The molecule has 94 valence electrons. The lowest BCUT2D eigenvalue weighted by molar-refractivity contribution is -0.143. The topological polar surface area (TPSA) is 55.6 Å². The number of carbonyl (C=O) groups is 1. The van der Waals surface area contributed by atoms with Crippen LogP contribution in [-0.4, -0.2) is 43.7 Å². The molecule has 0 aromatic heterocycles. The molecule has 0 radical (unpaired) electrons. The molecule has 1 rings (SSSR count). The van der Waals surface area contributed by atoms with Gasteiger partial charge in [-0.2, -0.15) is 0 Å². The average molecular weight is 228 g/mol. The van der Waals surface area contributed by atoms with Crippen molar-refractivity contribution in [2.24, 2.45) is 11.1 Å². The van der Waals surface area contributed by atoms with Gasteiger partial charge in [0.15, 0.2) is 0 Å². The molecule has 1 amide bonds. The third kappa shape index (κ3) is 2.74. The molecular formula is C12H24N2O2. The first-order valence-electron chi connectivity index (χ1n) is 6.10. The first kappa shape index (κ1) is 13.5. The van der Waals surface area contributed by atoms with Gasteiger partial charge >= 0.3 is 0 Å². The normalized spacial score (nSPS) is 21.5. The molecule has 0 bridgehead atoms. The second kappa shape index (κ2) is 5.64. The molecule has 4 nitrogen and oxygen atoms in total. The van der Waals surface area contributed by atoms with Gasteiger partial charge in [-0.05, 0) is 26.2 Å². The van der Waals surface area contributed by atoms with E-state index in [2.05, 4.69) is 0 Å². The Bertz CT molecular complexity index is 233. The highest BCUT2D eigenvalue weighted by atomic mass is 16.5. The minimum Gasteiger partial charge on any atom is -0.381 e. The zero-order valence-corrected chi connectivity index (χ0v) is 10.7. The predicted molar refractivity (Wildman–Crippen MR) is 64.1 cm³/mol. The Hall–Kier alpha value is -0.610. The van der Waals surface area contributed by atoms with Gasteiger partial charge in [0.05, 0.1) is 5.41 Å². The summed E-state index contributed by atoms with van der Waals surface area (Å²) in [6.07, 6.45) is 2.66. The highest BCUT2D eigenvalue weighted by molar-refractivity contribution is 5.82. The number of carbonyl (C=O) groups excluding carboxylic acids is 1. The monoisotopic (exact) mass is 228 g/mol. The fraction of sp³-hybridized carbons (Fsp3) is 0.917. The van der Waals surface area contributed by atoms with Crippen LogP contribution in [0.4, 0.5) is 0 Å². The summed E-state index contributed by atoms with van der Waals surface area (Å²) in [5.41, 5.74) is 5.30. The van der Waals surface area contributed by atoms with Crippen molar-refractivity contribution in [3.05, 3.63) is 0 Å². The molecule has 0 aromatic rings. The van der Waals surface area contributed by atoms with Gasteiger partial charge in [-0.25, -0.2) is 0 Å². The van der Waals surface area contributed by atoms with Crippen molar-refractivity contribution >= 4 is 5.91 Å². The molecule has 0 saturated carbocycles. The minimum atomic E-state index is -0.410.